The van der Waals surface area contributed by atoms with E-state index in [0.29, 0.717) is 43.6 Å². The first-order valence-electron chi connectivity index (χ1n) is 11.2. The molecule has 2 aromatic rings. The second-order valence-corrected chi connectivity index (χ2v) is 8.85. The summed E-state index contributed by atoms with van der Waals surface area (Å²) in [5, 5.41) is 0. The molecule has 2 amide bonds. The van der Waals surface area contributed by atoms with Crippen LogP contribution in [-0.2, 0) is 4.79 Å². The third kappa shape index (κ3) is 5.46. The highest BCUT2D eigenvalue weighted by Gasteiger charge is 2.28. The fourth-order valence-corrected chi connectivity index (χ4v) is 3.89. The molecule has 1 saturated heterocycles. The molecule has 166 valence electrons. The first-order valence-corrected chi connectivity index (χ1v) is 11.2. The average molecular weight is 423 g/mol. The lowest BCUT2D eigenvalue weighted by molar-refractivity contribution is -0.139. The minimum Gasteiger partial charge on any atom is -0.481 e. The maximum absolute atomic E-state index is 12.9. The SMILES string of the molecule is CC(Oc1ccccc1C(C)C)C(=O)N1CCN(C(=O)c2ccc(C(C)C)cc2)CC1. The number of carbonyl (C=O) groups excluding carboxylic acids is 2. The minimum absolute atomic E-state index is 0.0255. The van der Waals surface area contributed by atoms with Crippen molar-refractivity contribution in [3.8, 4) is 5.75 Å². The molecule has 0 bridgehead atoms. The average Bonchev–Trinajstić information content (AvgIpc) is 2.78. The standard InChI is InChI=1S/C26H34N2O3/c1-18(2)21-10-12-22(13-11-21)26(30)28-16-14-27(15-17-28)25(29)20(5)31-24-9-7-6-8-23(24)19(3)4/h6-13,18-20H,14-17H2,1-5H3. The van der Waals surface area contributed by atoms with Crippen molar-refractivity contribution >= 4 is 11.8 Å². The first kappa shape index (κ1) is 22.9. The number of benzene rings is 2. The van der Waals surface area contributed by atoms with Crippen molar-refractivity contribution in [1.82, 2.24) is 9.80 Å². The predicted octanol–water partition coefficient (Wildman–Crippen LogP) is 4.69. The summed E-state index contributed by atoms with van der Waals surface area (Å²) in [4.78, 5) is 29.4. The summed E-state index contributed by atoms with van der Waals surface area (Å²) >= 11 is 0. The lowest BCUT2D eigenvalue weighted by Gasteiger charge is -2.36. The molecule has 5 nitrogen and oxygen atoms in total. The molecule has 1 aliphatic heterocycles. The number of hydrogen-bond acceptors (Lipinski definition) is 3. The van der Waals surface area contributed by atoms with E-state index in [1.54, 1.807) is 11.8 Å². The highest BCUT2D eigenvalue weighted by Crippen LogP contribution is 2.27. The van der Waals surface area contributed by atoms with Crippen molar-refractivity contribution in [2.45, 2.75) is 52.6 Å². The van der Waals surface area contributed by atoms with Crippen LogP contribution in [0.2, 0.25) is 0 Å². The Labute approximate surface area is 186 Å². The van der Waals surface area contributed by atoms with Crippen molar-refractivity contribution in [3.63, 3.8) is 0 Å². The number of hydrogen-bond donors (Lipinski definition) is 0. The largest absolute Gasteiger partial charge is 0.481 e. The molecule has 1 atom stereocenters. The van der Waals surface area contributed by atoms with Crippen LogP contribution in [0.15, 0.2) is 48.5 Å². The molecule has 1 fully saturated rings. The number of carbonyl (C=O) groups is 2. The zero-order chi connectivity index (χ0) is 22.5. The fourth-order valence-electron chi connectivity index (χ4n) is 3.89. The molecule has 0 aliphatic carbocycles. The van der Waals surface area contributed by atoms with Crippen molar-refractivity contribution < 1.29 is 14.3 Å². The van der Waals surface area contributed by atoms with E-state index in [-0.39, 0.29) is 11.8 Å². The highest BCUT2D eigenvalue weighted by atomic mass is 16.5. The molecule has 1 heterocycles. The molecule has 1 unspecified atom stereocenters. The molecule has 0 spiro atoms. The summed E-state index contributed by atoms with van der Waals surface area (Å²) < 4.78 is 6.02. The number of rotatable bonds is 6. The lowest BCUT2D eigenvalue weighted by atomic mass is 10.0. The van der Waals surface area contributed by atoms with Crippen LogP contribution >= 0.6 is 0 Å². The predicted molar refractivity (Wildman–Crippen MR) is 124 cm³/mol. The van der Waals surface area contributed by atoms with Gasteiger partial charge in [0.1, 0.15) is 5.75 Å². The molecule has 1 aliphatic rings. The smallest absolute Gasteiger partial charge is 0.263 e. The Morgan fingerprint density at radius 1 is 0.774 bits per heavy atom. The molecular weight excluding hydrogens is 388 g/mol. The molecule has 3 rings (SSSR count). The van der Waals surface area contributed by atoms with Crippen LogP contribution in [0, 0.1) is 0 Å². The number of para-hydroxylation sites is 1. The van der Waals surface area contributed by atoms with Crippen LogP contribution in [-0.4, -0.2) is 53.9 Å². The molecule has 0 radical (unpaired) electrons. The van der Waals surface area contributed by atoms with Crippen molar-refractivity contribution in [2.75, 3.05) is 26.2 Å². The van der Waals surface area contributed by atoms with E-state index in [1.807, 2.05) is 53.4 Å². The third-order valence-corrected chi connectivity index (χ3v) is 5.90. The molecule has 5 heteroatoms. The van der Waals surface area contributed by atoms with Crippen LogP contribution in [0.5, 0.6) is 5.75 Å². The maximum atomic E-state index is 12.9. The van der Waals surface area contributed by atoms with E-state index < -0.39 is 6.10 Å². The zero-order valence-corrected chi connectivity index (χ0v) is 19.3. The Morgan fingerprint density at radius 2 is 1.35 bits per heavy atom. The fraction of sp³-hybridized carbons (Fsp3) is 0.462. The normalized spacial score (nSPS) is 15.3. The van der Waals surface area contributed by atoms with E-state index in [1.165, 1.54) is 5.56 Å². The quantitative estimate of drug-likeness (QED) is 0.679. The number of nitrogens with zero attached hydrogens (tertiary/aromatic N) is 2. The topological polar surface area (TPSA) is 49.9 Å². The number of piperazine rings is 1. The van der Waals surface area contributed by atoms with Crippen LogP contribution in [0.3, 0.4) is 0 Å². The van der Waals surface area contributed by atoms with Gasteiger partial charge in [-0.2, -0.15) is 0 Å². The molecule has 31 heavy (non-hydrogen) atoms. The van der Waals surface area contributed by atoms with Crippen LogP contribution in [0.4, 0.5) is 0 Å². The summed E-state index contributed by atoms with van der Waals surface area (Å²) in [5.74, 6) is 1.51. The van der Waals surface area contributed by atoms with Gasteiger partial charge in [-0.15, -0.1) is 0 Å². The minimum atomic E-state index is -0.564. The van der Waals surface area contributed by atoms with Crippen molar-refractivity contribution in [1.29, 1.82) is 0 Å². The zero-order valence-electron chi connectivity index (χ0n) is 19.3. The highest BCUT2D eigenvalue weighted by molar-refractivity contribution is 5.94. The van der Waals surface area contributed by atoms with Gasteiger partial charge in [-0.25, -0.2) is 0 Å². The van der Waals surface area contributed by atoms with Gasteiger partial charge in [0.15, 0.2) is 6.10 Å². The van der Waals surface area contributed by atoms with Gasteiger partial charge >= 0.3 is 0 Å². The summed E-state index contributed by atoms with van der Waals surface area (Å²) in [5.41, 5.74) is 3.02. The molecule has 0 saturated carbocycles. The maximum Gasteiger partial charge on any atom is 0.263 e. The van der Waals surface area contributed by atoms with Crippen LogP contribution in [0.25, 0.3) is 0 Å². The van der Waals surface area contributed by atoms with Gasteiger partial charge in [0.05, 0.1) is 0 Å². The Hall–Kier alpha value is -2.82. The number of ether oxygens (including phenoxy) is 1. The summed E-state index contributed by atoms with van der Waals surface area (Å²) in [6.45, 7) is 12.4. The van der Waals surface area contributed by atoms with E-state index in [0.717, 1.165) is 11.3 Å². The molecule has 2 aromatic carbocycles. The van der Waals surface area contributed by atoms with Crippen molar-refractivity contribution in [3.05, 3.63) is 65.2 Å². The van der Waals surface area contributed by atoms with Gasteiger partial charge in [0.2, 0.25) is 0 Å². The van der Waals surface area contributed by atoms with E-state index in [9.17, 15) is 9.59 Å². The Balaban J connectivity index is 1.56. The van der Waals surface area contributed by atoms with Gasteiger partial charge in [-0.05, 0) is 48.1 Å². The first-order chi connectivity index (χ1) is 14.8. The van der Waals surface area contributed by atoms with E-state index in [4.69, 9.17) is 4.74 Å². The van der Waals surface area contributed by atoms with E-state index in [2.05, 4.69) is 27.7 Å². The second-order valence-electron chi connectivity index (χ2n) is 8.85. The lowest BCUT2D eigenvalue weighted by Crippen LogP contribution is -2.53. The van der Waals surface area contributed by atoms with Gasteiger partial charge < -0.3 is 14.5 Å². The second kappa shape index (κ2) is 9.99. The Kier molecular flexibility index (Phi) is 7.37. The Morgan fingerprint density at radius 3 is 1.94 bits per heavy atom. The third-order valence-electron chi connectivity index (χ3n) is 5.90. The van der Waals surface area contributed by atoms with Gasteiger partial charge in [0.25, 0.3) is 11.8 Å². The monoisotopic (exact) mass is 422 g/mol. The van der Waals surface area contributed by atoms with Crippen molar-refractivity contribution in [2.24, 2.45) is 0 Å². The van der Waals surface area contributed by atoms with Gasteiger partial charge in [-0.1, -0.05) is 58.0 Å². The molecule has 0 aromatic heterocycles. The number of amides is 2. The van der Waals surface area contributed by atoms with Crippen LogP contribution < -0.4 is 4.74 Å². The summed E-state index contributed by atoms with van der Waals surface area (Å²) in [6.07, 6.45) is -0.564. The Bertz CT molecular complexity index is 897. The van der Waals surface area contributed by atoms with Gasteiger partial charge in [0, 0.05) is 31.7 Å². The van der Waals surface area contributed by atoms with Crippen LogP contribution in [0.1, 0.15) is 67.9 Å². The molecule has 0 N–H and O–H groups in total. The van der Waals surface area contributed by atoms with Gasteiger partial charge in [-0.3, -0.25) is 9.59 Å². The summed E-state index contributed by atoms with van der Waals surface area (Å²) in [7, 11) is 0. The molecular formula is C26H34N2O3. The van der Waals surface area contributed by atoms with E-state index >= 15 is 0 Å². The summed E-state index contributed by atoms with van der Waals surface area (Å²) in [6, 6.07) is 15.7.